The second kappa shape index (κ2) is 8.93. The molecule has 3 aromatic rings. The first-order valence-electron chi connectivity index (χ1n) is 8.81. The molecule has 0 heterocycles. The summed E-state index contributed by atoms with van der Waals surface area (Å²) in [5, 5.41) is 0. The number of carbonyl (C=O) groups excluding carboxylic acids is 1. The molecule has 168 valence electrons. The fraction of sp³-hybridized carbons (Fsp3) is 0.0500. The summed E-state index contributed by atoms with van der Waals surface area (Å²) < 4.78 is 85.0. The van der Waals surface area contributed by atoms with Crippen LogP contribution in [0.3, 0.4) is 0 Å². The van der Waals surface area contributed by atoms with Gasteiger partial charge in [0, 0.05) is 11.4 Å². The smallest absolute Gasteiger partial charge is 0.337 e. The van der Waals surface area contributed by atoms with Crippen LogP contribution in [0.5, 0.6) is 0 Å². The van der Waals surface area contributed by atoms with Crippen molar-refractivity contribution in [2.24, 2.45) is 0 Å². The van der Waals surface area contributed by atoms with Gasteiger partial charge in [0.05, 0.1) is 22.5 Å². The molecule has 0 spiro atoms. The molecule has 0 aliphatic carbocycles. The molecule has 0 radical (unpaired) electrons. The summed E-state index contributed by atoms with van der Waals surface area (Å²) >= 11 is 0. The predicted octanol–water partition coefficient (Wildman–Crippen LogP) is 3.35. The number of hydrogen-bond donors (Lipinski definition) is 2. The lowest BCUT2D eigenvalue weighted by molar-refractivity contribution is 0.0600. The maximum absolute atomic E-state index is 13.3. The highest BCUT2D eigenvalue weighted by Gasteiger charge is 2.18. The van der Waals surface area contributed by atoms with E-state index in [0.717, 1.165) is 6.07 Å². The van der Waals surface area contributed by atoms with Gasteiger partial charge in [-0.1, -0.05) is 0 Å². The molecule has 0 bridgehead atoms. The van der Waals surface area contributed by atoms with Gasteiger partial charge >= 0.3 is 5.97 Å². The normalized spacial score (nSPS) is 11.6. The van der Waals surface area contributed by atoms with Crippen molar-refractivity contribution in [1.82, 2.24) is 0 Å². The van der Waals surface area contributed by atoms with Crippen molar-refractivity contribution in [2.75, 3.05) is 16.6 Å². The average molecular weight is 482 g/mol. The number of rotatable bonds is 7. The first-order valence-corrected chi connectivity index (χ1v) is 11.8. The van der Waals surface area contributed by atoms with E-state index in [1.807, 2.05) is 0 Å². The molecule has 0 atom stereocenters. The summed E-state index contributed by atoms with van der Waals surface area (Å²) in [4.78, 5) is 10.9. The van der Waals surface area contributed by atoms with Crippen LogP contribution in [-0.4, -0.2) is 29.9 Å². The van der Waals surface area contributed by atoms with Crippen molar-refractivity contribution in [3.63, 3.8) is 0 Å². The molecule has 0 amide bonds. The van der Waals surface area contributed by atoms with Crippen molar-refractivity contribution < 1.29 is 35.1 Å². The van der Waals surface area contributed by atoms with E-state index in [0.29, 0.717) is 12.1 Å². The maximum Gasteiger partial charge on any atom is 0.337 e. The minimum absolute atomic E-state index is 0.0695. The van der Waals surface area contributed by atoms with Crippen LogP contribution in [0.2, 0.25) is 0 Å². The molecular formula is C20H16F2N2O6S2. The summed E-state index contributed by atoms with van der Waals surface area (Å²) in [6.45, 7) is 0. The molecule has 0 saturated carbocycles. The number of methoxy groups -OCH3 is 1. The van der Waals surface area contributed by atoms with E-state index >= 15 is 0 Å². The largest absolute Gasteiger partial charge is 0.465 e. The van der Waals surface area contributed by atoms with Gasteiger partial charge in [0.25, 0.3) is 20.0 Å². The van der Waals surface area contributed by atoms with E-state index in [9.17, 15) is 30.4 Å². The topological polar surface area (TPSA) is 119 Å². The summed E-state index contributed by atoms with van der Waals surface area (Å²) in [5.74, 6) is -3.10. The molecular weight excluding hydrogens is 466 g/mol. The maximum atomic E-state index is 13.3. The molecule has 32 heavy (non-hydrogen) atoms. The Balaban J connectivity index is 1.73. The van der Waals surface area contributed by atoms with Gasteiger partial charge in [-0.05, 0) is 66.7 Å². The van der Waals surface area contributed by atoms with Crippen molar-refractivity contribution in [3.8, 4) is 0 Å². The number of carbonyl (C=O) groups is 1. The molecule has 0 aromatic heterocycles. The van der Waals surface area contributed by atoms with E-state index in [4.69, 9.17) is 0 Å². The van der Waals surface area contributed by atoms with Crippen molar-refractivity contribution in [3.05, 3.63) is 83.9 Å². The molecule has 0 saturated heterocycles. The lowest BCUT2D eigenvalue weighted by Gasteiger charge is -2.11. The zero-order chi connectivity index (χ0) is 23.5. The number of halogens is 2. The van der Waals surface area contributed by atoms with Gasteiger partial charge in [-0.3, -0.25) is 9.44 Å². The summed E-state index contributed by atoms with van der Waals surface area (Å²) in [6.07, 6.45) is 0. The monoisotopic (exact) mass is 482 g/mol. The Bertz CT molecular complexity index is 1360. The standard InChI is InChI=1S/C20H16F2N2O6S2/c1-30-20(25)13-2-8-16(9-3-13)31(26,27)23-14-4-6-15(7-5-14)24-32(28,29)17-10-11-18(21)19(22)12-17/h2-12,23-24H,1H3. The molecule has 0 fully saturated rings. The Kier molecular flexibility index (Phi) is 6.46. The number of nitrogens with one attached hydrogen (secondary N) is 2. The van der Waals surface area contributed by atoms with E-state index in [1.165, 1.54) is 55.6 Å². The number of sulfonamides is 2. The summed E-state index contributed by atoms with van der Waals surface area (Å²) in [6, 6.07) is 12.4. The van der Waals surface area contributed by atoms with Crippen LogP contribution in [0.15, 0.2) is 76.5 Å². The van der Waals surface area contributed by atoms with Gasteiger partial charge < -0.3 is 4.74 Å². The van der Waals surface area contributed by atoms with Gasteiger partial charge in [-0.2, -0.15) is 0 Å². The second-order valence-electron chi connectivity index (χ2n) is 6.38. The number of benzene rings is 3. The second-order valence-corrected chi connectivity index (χ2v) is 9.75. The lowest BCUT2D eigenvalue weighted by Crippen LogP contribution is -2.14. The van der Waals surface area contributed by atoms with E-state index in [1.54, 1.807) is 0 Å². The van der Waals surface area contributed by atoms with Gasteiger partial charge in [-0.15, -0.1) is 0 Å². The highest BCUT2D eigenvalue weighted by molar-refractivity contribution is 7.93. The number of esters is 1. The van der Waals surface area contributed by atoms with Crippen LogP contribution in [0, 0.1) is 11.6 Å². The Labute approximate surface area is 183 Å². The third kappa shape index (κ3) is 5.21. The van der Waals surface area contributed by atoms with Gasteiger partial charge in [-0.25, -0.2) is 30.4 Å². The number of hydrogen-bond acceptors (Lipinski definition) is 6. The predicted molar refractivity (Wildman–Crippen MR) is 112 cm³/mol. The van der Waals surface area contributed by atoms with Gasteiger partial charge in [0.15, 0.2) is 11.6 Å². The molecule has 0 unspecified atom stereocenters. The van der Waals surface area contributed by atoms with E-state index in [2.05, 4.69) is 14.2 Å². The van der Waals surface area contributed by atoms with Gasteiger partial charge in [0.1, 0.15) is 0 Å². The van der Waals surface area contributed by atoms with E-state index in [-0.39, 0.29) is 21.8 Å². The molecule has 3 rings (SSSR count). The number of anilines is 2. The number of ether oxygens (including phenoxy) is 1. The first-order chi connectivity index (χ1) is 15.0. The minimum Gasteiger partial charge on any atom is -0.465 e. The fourth-order valence-electron chi connectivity index (χ4n) is 2.57. The first kappa shape index (κ1) is 23.2. The third-order valence-corrected chi connectivity index (χ3v) is 6.95. The molecule has 2 N–H and O–H groups in total. The Hall–Kier alpha value is -3.51. The molecule has 0 aliphatic heterocycles. The highest BCUT2D eigenvalue weighted by atomic mass is 32.2. The van der Waals surface area contributed by atoms with Gasteiger partial charge in [0.2, 0.25) is 0 Å². The van der Waals surface area contributed by atoms with Crippen molar-refractivity contribution >= 4 is 37.4 Å². The van der Waals surface area contributed by atoms with Crippen molar-refractivity contribution in [1.29, 1.82) is 0 Å². The minimum atomic E-state index is -4.19. The van der Waals surface area contributed by atoms with Crippen LogP contribution in [0.4, 0.5) is 20.2 Å². The summed E-state index contributed by atoms with van der Waals surface area (Å²) in [5.41, 5.74) is 0.391. The Morgan fingerprint density at radius 3 is 1.66 bits per heavy atom. The Morgan fingerprint density at radius 1 is 0.719 bits per heavy atom. The Morgan fingerprint density at radius 2 is 1.19 bits per heavy atom. The van der Waals surface area contributed by atoms with E-state index < -0.39 is 42.5 Å². The quantitative estimate of drug-likeness (QED) is 0.499. The molecule has 3 aromatic carbocycles. The third-order valence-electron chi connectivity index (χ3n) is 4.18. The zero-order valence-corrected chi connectivity index (χ0v) is 18.0. The highest BCUT2D eigenvalue weighted by Crippen LogP contribution is 2.22. The van der Waals surface area contributed by atoms with Crippen LogP contribution >= 0.6 is 0 Å². The van der Waals surface area contributed by atoms with Crippen LogP contribution in [-0.2, 0) is 24.8 Å². The van der Waals surface area contributed by atoms with Crippen molar-refractivity contribution in [2.45, 2.75) is 9.79 Å². The average Bonchev–Trinajstić information content (AvgIpc) is 2.76. The van der Waals surface area contributed by atoms with Crippen LogP contribution in [0.1, 0.15) is 10.4 Å². The van der Waals surface area contributed by atoms with Crippen LogP contribution < -0.4 is 9.44 Å². The SMILES string of the molecule is COC(=O)c1ccc(S(=O)(=O)Nc2ccc(NS(=O)(=O)c3ccc(F)c(F)c3)cc2)cc1. The molecule has 8 nitrogen and oxygen atoms in total. The summed E-state index contributed by atoms with van der Waals surface area (Å²) in [7, 11) is -6.97. The lowest BCUT2D eigenvalue weighted by atomic mass is 10.2. The molecule has 12 heteroatoms. The zero-order valence-electron chi connectivity index (χ0n) is 16.4. The fourth-order valence-corrected chi connectivity index (χ4v) is 4.70. The van der Waals surface area contributed by atoms with Crippen LogP contribution in [0.25, 0.3) is 0 Å². The molecule has 0 aliphatic rings.